The number of likely N-dealkylation sites (N-methyl/N-ethyl adjacent to an activating group) is 1. The van der Waals surface area contributed by atoms with E-state index in [1.165, 1.54) is 6.92 Å². The Morgan fingerprint density at radius 3 is 1.47 bits per heavy atom. The van der Waals surface area contributed by atoms with E-state index < -0.39 is 40.1 Å². The summed E-state index contributed by atoms with van der Waals surface area (Å²) in [7, 11) is 1.68. The highest BCUT2D eigenvalue weighted by Gasteiger charge is 2.43. The quantitative estimate of drug-likeness (QED) is 0.232. The minimum absolute atomic E-state index is 0.141. The lowest BCUT2D eigenvalue weighted by Gasteiger charge is -2.41. The minimum Gasteiger partial charge on any atom is -0.370 e. The Labute approximate surface area is 235 Å². The highest BCUT2D eigenvalue weighted by molar-refractivity contribution is 5.90. The first-order chi connectivity index (χ1) is 17.2. The Kier molecular flexibility index (Phi) is 21.7. The summed E-state index contributed by atoms with van der Waals surface area (Å²) >= 11 is 0. The fourth-order valence-corrected chi connectivity index (χ4v) is 5.29. The van der Waals surface area contributed by atoms with Gasteiger partial charge in [-0.25, -0.2) is 0 Å². The van der Waals surface area contributed by atoms with Crippen molar-refractivity contribution in [3.05, 3.63) is 0 Å². The molecule has 0 aromatic rings. The molecular weight excluding hydrogens is 480 g/mol. The van der Waals surface area contributed by atoms with Crippen LogP contribution >= 0.6 is 0 Å². The first-order valence-electron chi connectivity index (χ1n) is 14.2. The number of hydrogen-bond donors (Lipinski definition) is 4. The van der Waals surface area contributed by atoms with E-state index in [0.29, 0.717) is 19.3 Å². The molecule has 228 valence electrons. The summed E-state index contributed by atoms with van der Waals surface area (Å²) < 4.78 is 0. The van der Waals surface area contributed by atoms with Crippen molar-refractivity contribution in [3.63, 3.8) is 0 Å². The smallest absolute Gasteiger partial charge is 0.234 e. The molecule has 0 radical (unpaired) electrons. The summed E-state index contributed by atoms with van der Waals surface area (Å²) in [6.07, 6.45) is 1.71. The third-order valence-electron chi connectivity index (χ3n) is 6.03. The van der Waals surface area contributed by atoms with Gasteiger partial charge in [0.15, 0.2) is 5.78 Å². The van der Waals surface area contributed by atoms with Gasteiger partial charge in [0.25, 0.3) is 0 Å². The van der Waals surface area contributed by atoms with E-state index >= 15 is 0 Å². The zero-order chi connectivity index (χ0) is 31.7. The lowest BCUT2D eigenvalue weighted by molar-refractivity contribution is -0.137. The van der Waals surface area contributed by atoms with Crippen LogP contribution in [0.25, 0.3) is 0 Å². The molecule has 3 amide bonds. The van der Waals surface area contributed by atoms with Gasteiger partial charge in [0.05, 0.1) is 12.1 Å². The number of hydrogen-bond acceptors (Lipinski definition) is 5. The van der Waals surface area contributed by atoms with Gasteiger partial charge >= 0.3 is 0 Å². The van der Waals surface area contributed by atoms with Crippen molar-refractivity contribution in [1.29, 1.82) is 0 Å². The van der Waals surface area contributed by atoms with Gasteiger partial charge in [-0.05, 0) is 49.5 Å². The van der Waals surface area contributed by atoms with Crippen LogP contribution in [0.3, 0.4) is 0 Å². The zero-order valence-corrected chi connectivity index (χ0v) is 27.8. The van der Waals surface area contributed by atoms with Crippen molar-refractivity contribution >= 4 is 23.5 Å². The Morgan fingerprint density at radius 1 is 0.737 bits per heavy atom. The second-order valence-corrected chi connectivity index (χ2v) is 12.2. The van der Waals surface area contributed by atoms with E-state index in [0.717, 1.165) is 0 Å². The van der Waals surface area contributed by atoms with Gasteiger partial charge in [-0.2, -0.15) is 0 Å². The van der Waals surface area contributed by atoms with Crippen LogP contribution in [-0.2, 0) is 19.2 Å². The van der Waals surface area contributed by atoms with Gasteiger partial charge in [-0.1, -0.05) is 96.9 Å². The maximum atomic E-state index is 13.3. The highest BCUT2D eigenvalue weighted by Crippen LogP contribution is 2.40. The van der Waals surface area contributed by atoms with Gasteiger partial charge in [0, 0.05) is 11.8 Å². The summed E-state index contributed by atoms with van der Waals surface area (Å²) in [6, 6.07) is -1.19. The molecule has 0 rings (SSSR count). The number of amides is 3. The molecule has 0 spiro atoms. The van der Waals surface area contributed by atoms with E-state index in [1.54, 1.807) is 7.05 Å². The van der Waals surface area contributed by atoms with Crippen molar-refractivity contribution in [2.75, 3.05) is 7.05 Å². The molecule has 38 heavy (non-hydrogen) atoms. The van der Waals surface area contributed by atoms with Crippen LogP contribution in [0.2, 0.25) is 0 Å². The maximum absolute atomic E-state index is 13.3. The first-order valence-corrected chi connectivity index (χ1v) is 14.2. The molecule has 0 saturated heterocycles. The fourth-order valence-electron chi connectivity index (χ4n) is 5.29. The summed E-state index contributed by atoms with van der Waals surface area (Å²) in [5.74, 6) is -1.20. The molecule has 2 atom stereocenters. The average molecular weight is 545 g/mol. The Bertz CT molecular complexity index is 713. The largest absolute Gasteiger partial charge is 0.370 e. The van der Waals surface area contributed by atoms with Crippen LogP contribution < -0.4 is 22.1 Å². The van der Waals surface area contributed by atoms with Gasteiger partial charge in [0.1, 0.15) is 0 Å². The molecule has 2 unspecified atom stereocenters. The maximum Gasteiger partial charge on any atom is 0.234 e. The Hall–Kier alpha value is -1.96. The van der Waals surface area contributed by atoms with Crippen molar-refractivity contribution in [1.82, 2.24) is 10.6 Å². The third kappa shape index (κ3) is 17.5. The Morgan fingerprint density at radius 2 is 1.16 bits per heavy atom. The number of nitrogens with two attached hydrogens (primary N) is 2. The van der Waals surface area contributed by atoms with E-state index in [-0.39, 0.29) is 23.5 Å². The molecule has 0 fully saturated rings. The van der Waals surface area contributed by atoms with Gasteiger partial charge in [-0.3, -0.25) is 19.2 Å². The monoisotopic (exact) mass is 544 g/mol. The number of primary amides is 2. The van der Waals surface area contributed by atoms with Crippen LogP contribution in [0, 0.1) is 21.7 Å². The van der Waals surface area contributed by atoms with Crippen LogP contribution in [0.1, 0.15) is 130 Å². The highest BCUT2D eigenvalue weighted by atomic mass is 16.2. The molecule has 0 heterocycles. The number of carbonyl (C=O) groups excluding carboxylic acids is 4. The predicted octanol–water partition coefficient (Wildman–Crippen LogP) is 5.36. The van der Waals surface area contributed by atoms with E-state index in [1.807, 2.05) is 96.9 Å². The van der Waals surface area contributed by atoms with Crippen molar-refractivity contribution < 1.29 is 19.2 Å². The topological polar surface area (TPSA) is 144 Å². The van der Waals surface area contributed by atoms with Crippen LogP contribution in [0.4, 0.5) is 0 Å². The number of ketones is 1. The van der Waals surface area contributed by atoms with Gasteiger partial charge < -0.3 is 22.1 Å². The van der Waals surface area contributed by atoms with Crippen molar-refractivity contribution in [2.45, 2.75) is 142 Å². The molecule has 0 aliphatic rings. The summed E-state index contributed by atoms with van der Waals surface area (Å²) in [4.78, 5) is 48.9. The number of Topliss-reactive ketones (excluding diaryl/α,β-unsaturated/α-hetero) is 1. The fraction of sp³-hybridized carbons (Fsp3) is 0.867. The second-order valence-electron chi connectivity index (χ2n) is 12.2. The van der Waals surface area contributed by atoms with E-state index in [4.69, 9.17) is 11.5 Å². The second kappa shape index (κ2) is 19.2. The molecule has 0 aliphatic heterocycles. The van der Waals surface area contributed by atoms with Crippen molar-refractivity contribution in [3.8, 4) is 0 Å². The number of nitrogens with one attached hydrogen (secondary N) is 2. The minimum atomic E-state index is -0.786. The molecule has 0 saturated carbocycles. The van der Waals surface area contributed by atoms with Crippen LogP contribution in [-0.4, -0.2) is 42.6 Å². The SMILES string of the molecule is CC.CC.CC.CNC(CC(C)(C)CC(C)(C)C(=O)NC(C(C)=O)C(C)(C)CC(C)(C)CC(N)=O)C(N)=O. The van der Waals surface area contributed by atoms with Gasteiger partial charge in [-0.15, -0.1) is 0 Å². The molecule has 8 nitrogen and oxygen atoms in total. The van der Waals surface area contributed by atoms with Crippen LogP contribution in [0.5, 0.6) is 0 Å². The summed E-state index contributed by atoms with van der Waals surface area (Å²) in [5, 5.41) is 5.90. The van der Waals surface area contributed by atoms with E-state index in [2.05, 4.69) is 10.6 Å². The number of carbonyl (C=O) groups is 4. The summed E-state index contributed by atoms with van der Waals surface area (Å²) in [5.41, 5.74) is 8.70. The standard InChI is InChI=1S/C24H46N4O4.3C2H6/c1-15(29)18(23(6,7)13-22(4,5)12-17(25)30)28-20(32)24(8,9)14-21(2,3)11-16(27-10)19(26)31;3*1-2/h16,18,27H,11-14H2,1-10H3,(H2,25,30)(H2,26,31)(H,28,32);3*1-2H3. The molecule has 0 aromatic heterocycles. The van der Waals surface area contributed by atoms with E-state index in [9.17, 15) is 19.2 Å². The lowest BCUT2D eigenvalue weighted by atomic mass is 9.68. The van der Waals surface area contributed by atoms with Crippen molar-refractivity contribution in [2.24, 2.45) is 33.1 Å². The number of rotatable bonds is 14. The lowest BCUT2D eigenvalue weighted by Crippen LogP contribution is -2.54. The molecule has 6 N–H and O–H groups in total. The van der Waals surface area contributed by atoms with Gasteiger partial charge in [0.2, 0.25) is 17.7 Å². The first kappa shape index (κ1) is 43.1. The summed E-state index contributed by atoms with van der Waals surface area (Å²) in [6.45, 7) is 28.8. The molecule has 8 heteroatoms. The average Bonchev–Trinajstić information content (AvgIpc) is 2.76. The predicted molar refractivity (Wildman–Crippen MR) is 161 cm³/mol. The third-order valence-corrected chi connectivity index (χ3v) is 6.03. The molecule has 0 aliphatic carbocycles. The normalized spacial score (nSPS) is 13.2. The zero-order valence-electron chi connectivity index (χ0n) is 27.8. The Balaban J connectivity index is -0.000000892. The molecule has 0 aromatic carbocycles. The molecular formula is C30H64N4O4. The van der Waals surface area contributed by atoms with Crippen LogP contribution in [0.15, 0.2) is 0 Å². The molecule has 0 bridgehead atoms.